The summed E-state index contributed by atoms with van der Waals surface area (Å²) in [5, 5.41) is 3.03. The molecule has 0 spiro atoms. The molecule has 30 heavy (non-hydrogen) atoms. The second-order valence-corrected chi connectivity index (χ2v) is 8.46. The number of nitrogens with zero attached hydrogens (tertiary/aromatic N) is 4. The lowest BCUT2D eigenvalue weighted by Gasteiger charge is -2.12. The van der Waals surface area contributed by atoms with E-state index < -0.39 is 16.1 Å². The third-order valence-electron chi connectivity index (χ3n) is 3.64. The van der Waals surface area contributed by atoms with E-state index in [1.807, 2.05) is 16.9 Å². The van der Waals surface area contributed by atoms with Crippen molar-refractivity contribution in [1.29, 1.82) is 0 Å². The quantitative estimate of drug-likeness (QED) is 0.524. The van der Waals surface area contributed by atoms with Crippen LogP contribution in [0, 0.1) is 6.92 Å². The largest absolute Gasteiger partial charge is 0.467 e. The standard InChI is InChI=1S/C18H18N6O4S2/c1-12-20-16(23-18(21-12)28-2)22-17(25)24-30(26,27)14-8-4-3-7-13(14)11-29-15-9-5-6-10-19-15/h3-10H,11H2,1-2H3,(H2,20,21,22,23,24,25). The number of sulfonamides is 1. The van der Waals surface area contributed by atoms with Gasteiger partial charge in [-0.25, -0.2) is 22.9 Å². The van der Waals surface area contributed by atoms with Crippen LogP contribution in [0.4, 0.5) is 10.7 Å². The van der Waals surface area contributed by atoms with Gasteiger partial charge in [-0.1, -0.05) is 24.3 Å². The summed E-state index contributed by atoms with van der Waals surface area (Å²) in [6, 6.07) is 10.9. The number of urea groups is 1. The Bertz CT molecular complexity index is 1140. The molecule has 0 radical (unpaired) electrons. The van der Waals surface area contributed by atoms with Crippen molar-refractivity contribution < 1.29 is 17.9 Å². The van der Waals surface area contributed by atoms with Crippen molar-refractivity contribution in [2.45, 2.75) is 22.6 Å². The van der Waals surface area contributed by atoms with E-state index in [4.69, 9.17) is 4.74 Å². The highest BCUT2D eigenvalue weighted by Gasteiger charge is 2.22. The van der Waals surface area contributed by atoms with Gasteiger partial charge < -0.3 is 4.74 Å². The van der Waals surface area contributed by atoms with Crippen molar-refractivity contribution in [3.8, 4) is 6.01 Å². The topological polar surface area (TPSA) is 136 Å². The summed E-state index contributed by atoms with van der Waals surface area (Å²) in [7, 11) is -2.77. The van der Waals surface area contributed by atoms with Crippen LogP contribution in [-0.4, -0.2) is 41.5 Å². The number of carbonyl (C=O) groups excluding carboxylic acids is 1. The Kier molecular flexibility index (Phi) is 6.79. The predicted molar refractivity (Wildman–Crippen MR) is 111 cm³/mol. The molecule has 0 atom stereocenters. The Labute approximate surface area is 177 Å². The number of thioether (sulfide) groups is 1. The van der Waals surface area contributed by atoms with Crippen molar-refractivity contribution in [1.82, 2.24) is 24.7 Å². The van der Waals surface area contributed by atoms with Crippen LogP contribution in [0.1, 0.15) is 11.4 Å². The van der Waals surface area contributed by atoms with Gasteiger partial charge in [-0.05, 0) is 30.7 Å². The van der Waals surface area contributed by atoms with Gasteiger partial charge in [-0.3, -0.25) is 5.32 Å². The lowest BCUT2D eigenvalue weighted by molar-refractivity contribution is 0.256. The fourth-order valence-corrected chi connectivity index (χ4v) is 4.48. The van der Waals surface area contributed by atoms with Crippen LogP contribution >= 0.6 is 11.8 Å². The van der Waals surface area contributed by atoms with E-state index in [1.54, 1.807) is 37.4 Å². The average Bonchev–Trinajstić information content (AvgIpc) is 2.72. The van der Waals surface area contributed by atoms with Crippen molar-refractivity contribution in [2.24, 2.45) is 0 Å². The molecule has 10 nitrogen and oxygen atoms in total. The Morgan fingerprint density at radius 3 is 2.60 bits per heavy atom. The highest BCUT2D eigenvalue weighted by molar-refractivity contribution is 7.98. The second kappa shape index (κ2) is 9.50. The van der Waals surface area contributed by atoms with Gasteiger partial charge >= 0.3 is 12.0 Å². The third-order valence-corrected chi connectivity index (χ3v) is 6.06. The van der Waals surface area contributed by atoms with Gasteiger partial charge in [0, 0.05) is 11.9 Å². The van der Waals surface area contributed by atoms with Crippen molar-refractivity contribution in [3.63, 3.8) is 0 Å². The molecule has 0 aliphatic carbocycles. The van der Waals surface area contributed by atoms with E-state index in [2.05, 4.69) is 25.3 Å². The first-order valence-corrected chi connectivity index (χ1v) is 11.1. The normalized spacial score (nSPS) is 11.0. The zero-order chi connectivity index (χ0) is 21.6. The van der Waals surface area contributed by atoms with Crippen LogP contribution < -0.4 is 14.8 Å². The molecule has 0 bridgehead atoms. The summed E-state index contributed by atoms with van der Waals surface area (Å²) in [6.07, 6.45) is 1.66. The van der Waals surface area contributed by atoms with E-state index in [9.17, 15) is 13.2 Å². The molecule has 156 valence electrons. The maximum Gasteiger partial charge on any atom is 0.335 e. The van der Waals surface area contributed by atoms with Gasteiger partial charge in [-0.15, -0.1) is 11.8 Å². The van der Waals surface area contributed by atoms with Gasteiger partial charge in [0.2, 0.25) is 5.95 Å². The van der Waals surface area contributed by atoms with E-state index in [0.29, 0.717) is 17.1 Å². The van der Waals surface area contributed by atoms with Crippen LogP contribution in [0.15, 0.2) is 58.6 Å². The first-order chi connectivity index (χ1) is 14.4. The number of amides is 2. The Balaban J connectivity index is 1.74. The minimum atomic E-state index is -4.14. The van der Waals surface area contributed by atoms with Crippen molar-refractivity contribution in [3.05, 3.63) is 60.0 Å². The van der Waals surface area contributed by atoms with E-state index in [-0.39, 0.29) is 16.9 Å². The first-order valence-electron chi connectivity index (χ1n) is 8.59. The average molecular weight is 447 g/mol. The molecule has 3 rings (SSSR count). The monoisotopic (exact) mass is 446 g/mol. The molecule has 2 aromatic heterocycles. The van der Waals surface area contributed by atoms with Crippen molar-refractivity contribution >= 4 is 33.8 Å². The minimum absolute atomic E-state index is 0.00227. The highest BCUT2D eigenvalue weighted by Crippen LogP contribution is 2.25. The molecule has 0 saturated heterocycles. The Morgan fingerprint density at radius 1 is 1.10 bits per heavy atom. The predicted octanol–water partition coefficient (Wildman–Crippen LogP) is 2.39. The van der Waals surface area contributed by atoms with Crippen LogP contribution in [0.2, 0.25) is 0 Å². The smallest absolute Gasteiger partial charge is 0.335 e. The number of anilines is 1. The SMILES string of the molecule is COc1nc(C)nc(NC(=O)NS(=O)(=O)c2ccccc2CSc2ccccn2)n1. The number of rotatable bonds is 7. The molecule has 2 N–H and O–H groups in total. The number of aryl methyl sites for hydroxylation is 1. The summed E-state index contributed by atoms with van der Waals surface area (Å²) in [6.45, 7) is 1.58. The Morgan fingerprint density at radius 2 is 1.87 bits per heavy atom. The fraction of sp³-hybridized carbons (Fsp3) is 0.167. The minimum Gasteiger partial charge on any atom is -0.467 e. The molecule has 1 aromatic carbocycles. The molecule has 0 aliphatic rings. The molecular formula is C18H18N6O4S2. The number of aromatic nitrogens is 4. The number of nitrogens with one attached hydrogen (secondary N) is 2. The van der Waals surface area contributed by atoms with Crippen LogP contribution in [-0.2, 0) is 15.8 Å². The number of ether oxygens (including phenoxy) is 1. The fourth-order valence-electron chi connectivity index (χ4n) is 2.38. The van der Waals surface area contributed by atoms with Gasteiger partial charge in [-0.2, -0.15) is 15.0 Å². The molecule has 3 aromatic rings. The zero-order valence-corrected chi connectivity index (χ0v) is 17.7. The molecule has 2 heterocycles. The molecule has 0 saturated carbocycles. The van der Waals surface area contributed by atoms with E-state index >= 15 is 0 Å². The third kappa shape index (κ3) is 5.64. The molecule has 0 fully saturated rings. The molecule has 12 heteroatoms. The summed E-state index contributed by atoms with van der Waals surface area (Å²) >= 11 is 1.39. The molecule has 0 aliphatic heterocycles. The van der Waals surface area contributed by atoms with Gasteiger partial charge in [0.1, 0.15) is 5.82 Å². The zero-order valence-electron chi connectivity index (χ0n) is 16.1. The number of hydrogen-bond acceptors (Lipinski definition) is 9. The number of benzene rings is 1. The number of methoxy groups -OCH3 is 1. The van der Waals surface area contributed by atoms with Gasteiger partial charge in [0.05, 0.1) is 17.0 Å². The lowest BCUT2D eigenvalue weighted by Crippen LogP contribution is -2.35. The molecule has 0 unspecified atom stereocenters. The summed E-state index contributed by atoms with van der Waals surface area (Å²) < 4.78 is 32.4. The highest BCUT2D eigenvalue weighted by atomic mass is 32.2. The second-order valence-electron chi connectivity index (χ2n) is 5.82. The van der Waals surface area contributed by atoms with E-state index in [1.165, 1.54) is 24.9 Å². The lowest BCUT2D eigenvalue weighted by atomic mass is 10.2. The molecule has 2 amide bonds. The first kappa shape index (κ1) is 21.5. The van der Waals surface area contributed by atoms with E-state index in [0.717, 1.165) is 5.03 Å². The number of carbonyl (C=O) groups is 1. The summed E-state index contributed by atoms with van der Waals surface area (Å²) in [4.78, 5) is 28.1. The Hall–Kier alpha value is -3.25. The number of pyridine rings is 1. The van der Waals surface area contributed by atoms with Crippen molar-refractivity contribution in [2.75, 3.05) is 12.4 Å². The number of hydrogen-bond donors (Lipinski definition) is 2. The van der Waals surface area contributed by atoms with Crippen LogP contribution in [0.25, 0.3) is 0 Å². The maximum absolute atomic E-state index is 12.8. The van der Waals surface area contributed by atoms with Gasteiger partial charge in [0.15, 0.2) is 0 Å². The van der Waals surface area contributed by atoms with Crippen LogP contribution in [0.3, 0.4) is 0 Å². The summed E-state index contributed by atoms with van der Waals surface area (Å²) in [5.74, 6) is 0.530. The van der Waals surface area contributed by atoms with Crippen LogP contribution in [0.5, 0.6) is 6.01 Å². The summed E-state index contributed by atoms with van der Waals surface area (Å²) in [5.41, 5.74) is 0.533. The van der Waals surface area contributed by atoms with Gasteiger partial charge in [0.25, 0.3) is 10.0 Å². The maximum atomic E-state index is 12.8. The molecular weight excluding hydrogens is 428 g/mol.